The fourth-order valence-corrected chi connectivity index (χ4v) is 4.74. The molecule has 3 aliphatic rings. The van der Waals surface area contributed by atoms with Gasteiger partial charge in [-0.25, -0.2) is 8.78 Å². The van der Waals surface area contributed by atoms with Gasteiger partial charge in [-0.3, -0.25) is 9.48 Å². The number of alkyl halides is 2. The summed E-state index contributed by atoms with van der Waals surface area (Å²) >= 11 is 0. The maximum absolute atomic E-state index is 13.4. The molecule has 0 bridgehead atoms. The van der Waals surface area contributed by atoms with Crippen LogP contribution in [0.3, 0.4) is 0 Å². The minimum Gasteiger partial charge on any atom is -0.490 e. The molecular weight excluding hydrogens is 406 g/mol. The summed E-state index contributed by atoms with van der Waals surface area (Å²) in [5.74, 6) is 1.34. The largest absolute Gasteiger partial charge is 0.490 e. The first kappa shape index (κ1) is 20.2. The quantitative estimate of drug-likeness (QED) is 0.742. The second-order valence-electron chi connectivity index (χ2n) is 8.26. The van der Waals surface area contributed by atoms with E-state index in [4.69, 9.17) is 14.6 Å². The van der Waals surface area contributed by atoms with Crippen molar-refractivity contribution < 1.29 is 23.0 Å². The van der Waals surface area contributed by atoms with Crippen LogP contribution in [0.5, 0.6) is 5.75 Å². The molecule has 0 saturated carbocycles. The van der Waals surface area contributed by atoms with Gasteiger partial charge < -0.3 is 19.3 Å². The van der Waals surface area contributed by atoms with Crippen LogP contribution in [-0.4, -0.2) is 53.5 Å². The highest BCUT2D eigenvalue weighted by molar-refractivity contribution is 5.75. The molecule has 31 heavy (non-hydrogen) atoms. The van der Waals surface area contributed by atoms with E-state index in [2.05, 4.69) is 4.68 Å². The summed E-state index contributed by atoms with van der Waals surface area (Å²) in [6.07, 6.45) is -0.0533. The van der Waals surface area contributed by atoms with Crippen molar-refractivity contribution in [3.05, 3.63) is 35.0 Å². The van der Waals surface area contributed by atoms with Crippen molar-refractivity contribution in [3.8, 4) is 5.75 Å². The molecule has 1 saturated heterocycles. The van der Waals surface area contributed by atoms with Crippen LogP contribution in [0.25, 0.3) is 0 Å². The lowest BCUT2D eigenvalue weighted by molar-refractivity contribution is -0.129. The number of hydrogen-bond donors (Lipinski definition) is 0. The maximum atomic E-state index is 13.4. The van der Waals surface area contributed by atoms with E-state index >= 15 is 0 Å². The smallest absolute Gasteiger partial charge is 0.263 e. The third kappa shape index (κ3) is 3.64. The first-order valence-corrected chi connectivity index (χ1v) is 10.8. The van der Waals surface area contributed by atoms with Gasteiger partial charge in [0.25, 0.3) is 6.43 Å². The van der Waals surface area contributed by atoms with Crippen LogP contribution in [0, 0.1) is 0 Å². The first-order valence-electron chi connectivity index (χ1n) is 10.8. The molecule has 2 aromatic rings. The molecule has 0 unspecified atom stereocenters. The molecule has 0 atom stereocenters. The Hall–Kier alpha value is -2.68. The van der Waals surface area contributed by atoms with E-state index in [9.17, 15) is 13.6 Å². The molecule has 4 heterocycles. The lowest BCUT2D eigenvalue weighted by Gasteiger charge is -2.32. The summed E-state index contributed by atoms with van der Waals surface area (Å²) in [6.45, 7) is 5.06. The number of ether oxygens (including phenoxy) is 2. The Balaban J connectivity index is 1.60. The van der Waals surface area contributed by atoms with E-state index in [1.54, 1.807) is 13.0 Å². The van der Waals surface area contributed by atoms with Crippen LogP contribution >= 0.6 is 0 Å². The SMILES string of the molecule is CC(=O)N1CCc2c(c(N3CCOc4ccc(C(F)F)cc43)nn2C2CCOCC2)C1. The summed E-state index contributed by atoms with van der Waals surface area (Å²) in [4.78, 5) is 15.9. The molecule has 1 amide bonds. The Morgan fingerprint density at radius 3 is 2.74 bits per heavy atom. The van der Waals surface area contributed by atoms with Gasteiger partial charge in [0.1, 0.15) is 12.4 Å². The number of amides is 1. The Labute approximate surface area is 179 Å². The second-order valence-corrected chi connectivity index (χ2v) is 8.26. The molecule has 5 rings (SSSR count). The van der Waals surface area contributed by atoms with Crippen LogP contribution < -0.4 is 9.64 Å². The molecular formula is C22H26F2N4O3. The summed E-state index contributed by atoms with van der Waals surface area (Å²) in [5.41, 5.74) is 2.70. The highest BCUT2D eigenvalue weighted by Gasteiger charge is 2.33. The van der Waals surface area contributed by atoms with Crippen molar-refractivity contribution in [2.24, 2.45) is 0 Å². The Kier molecular flexibility index (Phi) is 5.29. The molecule has 7 nitrogen and oxygen atoms in total. The average molecular weight is 432 g/mol. The van der Waals surface area contributed by atoms with Crippen LogP contribution in [0.1, 0.15) is 49.1 Å². The van der Waals surface area contributed by atoms with Crippen LogP contribution in [0.4, 0.5) is 20.3 Å². The summed E-state index contributed by atoms with van der Waals surface area (Å²) in [5, 5.41) is 5.01. The van der Waals surface area contributed by atoms with E-state index in [0.29, 0.717) is 50.9 Å². The van der Waals surface area contributed by atoms with Gasteiger partial charge in [0.05, 0.1) is 24.8 Å². The van der Waals surface area contributed by atoms with Gasteiger partial charge >= 0.3 is 0 Å². The number of halogens is 2. The molecule has 0 N–H and O–H groups in total. The first-order chi connectivity index (χ1) is 15.0. The number of carbonyl (C=O) groups is 1. The van der Waals surface area contributed by atoms with E-state index in [-0.39, 0.29) is 17.5 Å². The number of fused-ring (bicyclic) bond motifs is 2. The van der Waals surface area contributed by atoms with Crippen molar-refractivity contribution in [1.29, 1.82) is 0 Å². The topological polar surface area (TPSA) is 59.8 Å². The number of rotatable bonds is 3. The van der Waals surface area contributed by atoms with E-state index in [1.807, 2.05) is 9.80 Å². The molecule has 1 aromatic heterocycles. The summed E-state index contributed by atoms with van der Waals surface area (Å²) < 4.78 is 40.2. The van der Waals surface area contributed by atoms with E-state index < -0.39 is 6.43 Å². The van der Waals surface area contributed by atoms with Crippen molar-refractivity contribution in [2.75, 3.05) is 37.8 Å². The van der Waals surface area contributed by atoms with Crippen molar-refractivity contribution in [2.45, 2.75) is 45.2 Å². The fraction of sp³-hybridized carbons (Fsp3) is 0.545. The minimum atomic E-state index is -2.56. The van der Waals surface area contributed by atoms with Crippen molar-refractivity contribution in [1.82, 2.24) is 14.7 Å². The number of hydrogen-bond acceptors (Lipinski definition) is 5. The highest BCUT2D eigenvalue weighted by Crippen LogP contribution is 2.42. The zero-order valence-corrected chi connectivity index (χ0v) is 17.5. The number of aromatic nitrogens is 2. The Morgan fingerprint density at radius 2 is 2.00 bits per heavy atom. The number of anilines is 2. The molecule has 166 valence electrons. The molecule has 3 aliphatic heterocycles. The zero-order chi connectivity index (χ0) is 21.5. The fourth-order valence-electron chi connectivity index (χ4n) is 4.74. The monoisotopic (exact) mass is 432 g/mol. The summed E-state index contributed by atoms with van der Waals surface area (Å²) in [7, 11) is 0. The van der Waals surface area contributed by atoms with Crippen LogP contribution in [-0.2, 0) is 22.5 Å². The molecule has 1 fully saturated rings. The Morgan fingerprint density at radius 1 is 1.19 bits per heavy atom. The summed E-state index contributed by atoms with van der Waals surface area (Å²) in [6, 6.07) is 4.74. The predicted molar refractivity (Wildman–Crippen MR) is 110 cm³/mol. The van der Waals surface area contributed by atoms with Gasteiger partial charge in [0.2, 0.25) is 5.91 Å². The van der Waals surface area contributed by atoms with E-state index in [0.717, 1.165) is 36.3 Å². The molecule has 9 heteroatoms. The zero-order valence-electron chi connectivity index (χ0n) is 17.5. The number of carbonyl (C=O) groups excluding carboxylic acids is 1. The molecule has 0 spiro atoms. The van der Waals surface area contributed by atoms with Gasteiger partial charge in [-0.1, -0.05) is 0 Å². The van der Waals surface area contributed by atoms with E-state index in [1.165, 1.54) is 12.1 Å². The lowest BCUT2D eigenvalue weighted by Crippen LogP contribution is -2.36. The second kappa shape index (κ2) is 8.11. The van der Waals surface area contributed by atoms with Crippen molar-refractivity contribution >= 4 is 17.4 Å². The standard InChI is InChI=1S/C22H26F2N4O3/c1-14(29)26-7-4-18-17(13-26)22(25-28(18)16-5-9-30-10-6-16)27-8-11-31-20-3-2-15(21(23)24)12-19(20)27/h2-3,12,16,21H,4-11,13H2,1H3. The molecule has 0 radical (unpaired) electrons. The lowest BCUT2D eigenvalue weighted by atomic mass is 10.0. The minimum absolute atomic E-state index is 0.0257. The van der Waals surface area contributed by atoms with Gasteiger partial charge in [0.15, 0.2) is 5.82 Å². The third-order valence-corrected chi connectivity index (χ3v) is 6.40. The van der Waals surface area contributed by atoms with Gasteiger partial charge in [-0.2, -0.15) is 5.10 Å². The van der Waals surface area contributed by atoms with Crippen LogP contribution in [0.15, 0.2) is 18.2 Å². The average Bonchev–Trinajstić information content (AvgIpc) is 3.17. The van der Waals surface area contributed by atoms with Crippen LogP contribution in [0.2, 0.25) is 0 Å². The normalized spacial score (nSPS) is 19.2. The number of benzene rings is 1. The van der Waals surface area contributed by atoms with Crippen molar-refractivity contribution in [3.63, 3.8) is 0 Å². The molecule has 0 aliphatic carbocycles. The number of nitrogens with zero attached hydrogens (tertiary/aromatic N) is 4. The van der Waals surface area contributed by atoms with Gasteiger partial charge in [-0.05, 0) is 31.0 Å². The predicted octanol–water partition coefficient (Wildman–Crippen LogP) is 3.61. The maximum Gasteiger partial charge on any atom is 0.263 e. The highest BCUT2D eigenvalue weighted by atomic mass is 19.3. The Bertz CT molecular complexity index is 987. The van der Waals surface area contributed by atoms with Gasteiger partial charge in [-0.15, -0.1) is 0 Å². The third-order valence-electron chi connectivity index (χ3n) is 6.40. The van der Waals surface area contributed by atoms with Gasteiger partial charge in [0, 0.05) is 49.9 Å². The molecule has 1 aromatic carbocycles.